The summed E-state index contributed by atoms with van der Waals surface area (Å²) in [5.74, 6) is 2.11. The van der Waals surface area contributed by atoms with Crippen LogP contribution in [0.2, 0.25) is 0 Å². The van der Waals surface area contributed by atoms with Crippen molar-refractivity contribution in [2.45, 2.75) is 30.3 Å². The number of nitrogens with one attached hydrogen (secondary N) is 1. The van der Waals surface area contributed by atoms with Crippen molar-refractivity contribution in [3.8, 4) is 17.2 Å². The molecule has 2 aromatic rings. The maximum Gasteiger partial charge on any atom is 0.240 e. The second kappa shape index (κ2) is 7.98. The van der Waals surface area contributed by atoms with Crippen LogP contribution >= 0.6 is 0 Å². The van der Waals surface area contributed by atoms with Crippen LogP contribution in [0.3, 0.4) is 0 Å². The first-order valence-electron chi connectivity index (χ1n) is 9.31. The Labute approximate surface area is 165 Å². The van der Waals surface area contributed by atoms with Gasteiger partial charge >= 0.3 is 0 Å². The van der Waals surface area contributed by atoms with Gasteiger partial charge in [0.25, 0.3) is 0 Å². The fraction of sp³-hybridized carbons (Fsp3) is 0.400. The van der Waals surface area contributed by atoms with E-state index in [1.807, 2.05) is 18.2 Å². The van der Waals surface area contributed by atoms with Gasteiger partial charge in [0.15, 0.2) is 11.5 Å². The Kier molecular flexibility index (Phi) is 5.43. The van der Waals surface area contributed by atoms with Crippen LogP contribution in [0.4, 0.5) is 0 Å². The minimum atomic E-state index is -3.55. The highest BCUT2D eigenvalue weighted by Crippen LogP contribution is 2.33. The van der Waals surface area contributed by atoms with Crippen molar-refractivity contribution in [3.63, 3.8) is 0 Å². The van der Waals surface area contributed by atoms with Crippen molar-refractivity contribution < 1.29 is 22.6 Å². The molecule has 0 amide bonds. The number of hydrogen-bond donors (Lipinski definition) is 1. The first-order valence-corrected chi connectivity index (χ1v) is 10.8. The molecular formula is C20H24N2O5S. The van der Waals surface area contributed by atoms with Crippen LogP contribution in [0.25, 0.3) is 0 Å². The van der Waals surface area contributed by atoms with Crippen LogP contribution in [0.5, 0.6) is 17.2 Å². The SMILES string of the molecule is COc1cccc(S(=O)(=O)NC2CCN(Cc3ccc4c(c3)OCO4)CC2)c1. The molecule has 0 saturated carbocycles. The van der Waals surface area contributed by atoms with Crippen LogP contribution in [-0.2, 0) is 16.6 Å². The van der Waals surface area contributed by atoms with Gasteiger partial charge in [-0.2, -0.15) is 0 Å². The summed E-state index contributed by atoms with van der Waals surface area (Å²) in [4.78, 5) is 2.56. The molecule has 7 nitrogen and oxygen atoms in total. The molecule has 0 spiro atoms. The minimum Gasteiger partial charge on any atom is -0.497 e. The number of ether oxygens (including phenoxy) is 3. The molecule has 0 aromatic heterocycles. The van der Waals surface area contributed by atoms with Crippen LogP contribution in [0, 0.1) is 0 Å². The molecule has 2 heterocycles. The molecule has 1 saturated heterocycles. The highest BCUT2D eigenvalue weighted by molar-refractivity contribution is 7.89. The Morgan fingerprint density at radius 1 is 1.11 bits per heavy atom. The zero-order valence-corrected chi connectivity index (χ0v) is 16.6. The molecule has 0 unspecified atom stereocenters. The molecular weight excluding hydrogens is 380 g/mol. The summed E-state index contributed by atoms with van der Waals surface area (Å²) in [6, 6.07) is 12.5. The lowest BCUT2D eigenvalue weighted by Crippen LogP contribution is -2.44. The largest absolute Gasteiger partial charge is 0.497 e. The quantitative estimate of drug-likeness (QED) is 0.797. The van der Waals surface area contributed by atoms with Crippen molar-refractivity contribution in [2.24, 2.45) is 0 Å². The molecule has 1 fully saturated rings. The first kappa shape index (κ1) is 19.0. The summed E-state index contributed by atoms with van der Waals surface area (Å²) in [6.45, 7) is 2.75. The van der Waals surface area contributed by atoms with Gasteiger partial charge in [-0.1, -0.05) is 12.1 Å². The van der Waals surface area contributed by atoms with Gasteiger partial charge in [0.05, 0.1) is 12.0 Å². The fourth-order valence-corrected chi connectivity index (χ4v) is 4.90. The molecule has 0 bridgehead atoms. The Hall–Kier alpha value is -2.29. The van der Waals surface area contributed by atoms with Gasteiger partial charge in [-0.25, -0.2) is 13.1 Å². The monoisotopic (exact) mass is 404 g/mol. The van der Waals surface area contributed by atoms with Crippen LogP contribution in [-0.4, -0.2) is 46.4 Å². The Morgan fingerprint density at radius 2 is 1.89 bits per heavy atom. The summed E-state index contributed by atoms with van der Waals surface area (Å²) >= 11 is 0. The van der Waals surface area contributed by atoms with Crippen LogP contribution in [0.1, 0.15) is 18.4 Å². The van der Waals surface area contributed by atoms with E-state index in [9.17, 15) is 8.42 Å². The second-order valence-corrected chi connectivity index (χ2v) is 8.75. The molecule has 28 heavy (non-hydrogen) atoms. The molecule has 0 aliphatic carbocycles. The standard InChI is InChI=1S/C20H24N2O5S/c1-25-17-3-2-4-18(12-17)28(23,24)21-16-7-9-22(10-8-16)13-15-5-6-19-20(11-15)27-14-26-19/h2-6,11-12,16,21H,7-10,13-14H2,1H3. The molecule has 2 aromatic carbocycles. The lowest BCUT2D eigenvalue weighted by Gasteiger charge is -2.32. The highest BCUT2D eigenvalue weighted by atomic mass is 32.2. The Morgan fingerprint density at radius 3 is 2.68 bits per heavy atom. The molecule has 0 atom stereocenters. The molecule has 150 valence electrons. The van der Waals surface area contributed by atoms with Crippen molar-refractivity contribution in [2.75, 3.05) is 27.0 Å². The summed E-state index contributed by atoms with van der Waals surface area (Å²) in [6.07, 6.45) is 1.54. The molecule has 2 aliphatic rings. The molecule has 4 rings (SSSR count). The van der Waals surface area contributed by atoms with E-state index >= 15 is 0 Å². The van der Waals surface area contributed by atoms with Crippen molar-refractivity contribution in [1.82, 2.24) is 9.62 Å². The maximum atomic E-state index is 12.6. The number of rotatable bonds is 6. The molecule has 2 aliphatic heterocycles. The zero-order valence-electron chi connectivity index (χ0n) is 15.8. The van der Waals surface area contributed by atoms with Gasteiger partial charge < -0.3 is 14.2 Å². The van der Waals surface area contributed by atoms with Crippen molar-refractivity contribution in [1.29, 1.82) is 0 Å². The molecule has 0 radical (unpaired) electrons. The third kappa shape index (κ3) is 4.24. The summed E-state index contributed by atoms with van der Waals surface area (Å²) in [7, 11) is -2.03. The Balaban J connectivity index is 1.32. The summed E-state index contributed by atoms with van der Waals surface area (Å²) in [5.41, 5.74) is 1.17. The number of benzene rings is 2. The van der Waals surface area contributed by atoms with Crippen molar-refractivity contribution >= 4 is 10.0 Å². The van der Waals surface area contributed by atoms with E-state index in [0.717, 1.165) is 44.0 Å². The number of hydrogen-bond acceptors (Lipinski definition) is 6. The number of sulfonamides is 1. The lowest BCUT2D eigenvalue weighted by atomic mass is 10.1. The van der Waals surface area contributed by atoms with E-state index in [1.165, 1.54) is 18.7 Å². The third-order valence-corrected chi connectivity index (χ3v) is 6.62. The number of nitrogens with zero attached hydrogens (tertiary/aromatic N) is 1. The smallest absolute Gasteiger partial charge is 0.240 e. The van der Waals surface area contributed by atoms with Gasteiger partial charge in [0.1, 0.15) is 5.75 Å². The van der Waals surface area contributed by atoms with Gasteiger partial charge in [0, 0.05) is 31.7 Å². The van der Waals surface area contributed by atoms with E-state index < -0.39 is 10.0 Å². The van der Waals surface area contributed by atoms with E-state index in [0.29, 0.717) is 5.75 Å². The van der Waals surface area contributed by atoms with E-state index in [1.54, 1.807) is 18.2 Å². The molecule has 8 heteroatoms. The van der Waals surface area contributed by atoms with Gasteiger partial charge in [0.2, 0.25) is 16.8 Å². The number of likely N-dealkylation sites (tertiary alicyclic amines) is 1. The minimum absolute atomic E-state index is 0.0656. The average Bonchev–Trinajstić information content (AvgIpc) is 3.17. The van der Waals surface area contributed by atoms with Gasteiger partial charge in [-0.05, 0) is 42.7 Å². The maximum absolute atomic E-state index is 12.6. The van der Waals surface area contributed by atoms with Crippen molar-refractivity contribution in [3.05, 3.63) is 48.0 Å². The second-order valence-electron chi connectivity index (χ2n) is 7.04. The normalized spacial score (nSPS) is 17.6. The topological polar surface area (TPSA) is 77.1 Å². The zero-order chi connectivity index (χ0) is 19.6. The number of fused-ring (bicyclic) bond motifs is 1. The fourth-order valence-electron chi connectivity index (χ4n) is 3.56. The third-order valence-electron chi connectivity index (χ3n) is 5.10. The predicted molar refractivity (Wildman–Crippen MR) is 104 cm³/mol. The summed E-state index contributed by atoms with van der Waals surface area (Å²) in [5, 5.41) is 0. The van der Waals surface area contributed by atoms with Gasteiger partial charge in [-0.3, -0.25) is 4.90 Å². The van der Waals surface area contributed by atoms with Gasteiger partial charge in [-0.15, -0.1) is 0 Å². The van der Waals surface area contributed by atoms with E-state index in [2.05, 4.69) is 9.62 Å². The van der Waals surface area contributed by atoms with E-state index in [-0.39, 0.29) is 17.7 Å². The average molecular weight is 404 g/mol. The predicted octanol–water partition coefficient (Wildman–Crippen LogP) is 2.37. The van der Waals surface area contributed by atoms with E-state index in [4.69, 9.17) is 14.2 Å². The highest BCUT2D eigenvalue weighted by Gasteiger charge is 2.25. The van der Waals surface area contributed by atoms with Crippen LogP contribution < -0.4 is 18.9 Å². The van der Waals surface area contributed by atoms with Crippen LogP contribution in [0.15, 0.2) is 47.4 Å². The number of piperidine rings is 1. The summed E-state index contributed by atoms with van der Waals surface area (Å²) < 4.78 is 44.0. The Bertz CT molecular complexity index is 939. The number of methoxy groups -OCH3 is 1. The first-order chi connectivity index (χ1) is 13.5. The molecule has 1 N–H and O–H groups in total. The lowest BCUT2D eigenvalue weighted by molar-refractivity contribution is 0.173.